The third-order valence-electron chi connectivity index (χ3n) is 4.35. The van der Waals surface area contributed by atoms with Crippen LogP contribution in [0.5, 0.6) is 5.75 Å². The Balaban J connectivity index is 1.84. The molecule has 5 heteroatoms. The molecule has 1 aliphatic rings. The maximum Gasteiger partial charge on any atom is 0.315 e. The molecule has 1 atom stereocenters. The lowest BCUT2D eigenvalue weighted by Gasteiger charge is -2.33. The van der Waals surface area contributed by atoms with Gasteiger partial charge in [0.1, 0.15) is 11.7 Å². The Morgan fingerprint density at radius 2 is 1.86 bits per heavy atom. The summed E-state index contributed by atoms with van der Waals surface area (Å²) >= 11 is 0. The first-order valence-corrected chi connectivity index (χ1v) is 7.65. The van der Waals surface area contributed by atoms with Crippen molar-refractivity contribution in [1.82, 2.24) is 4.90 Å². The summed E-state index contributed by atoms with van der Waals surface area (Å²) in [4.78, 5) is 24.6. The van der Waals surface area contributed by atoms with Gasteiger partial charge in [0.15, 0.2) is 0 Å². The lowest BCUT2D eigenvalue weighted by atomic mass is 9.89. The van der Waals surface area contributed by atoms with Crippen LogP contribution in [0.1, 0.15) is 25.3 Å². The lowest BCUT2D eigenvalue weighted by molar-refractivity contribution is -0.150. The van der Waals surface area contributed by atoms with Crippen LogP contribution in [0.3, 0.4) is 0 Å². The first-order valence-electron chi connectivity index (χ1n) is 7.65. The number of carboxylic acids is 1. The Morgan fingerprint density at radius 1 is 1.27 bits per heavy atom. The van der Waals surface area contributed by atoms with E-state index in [1.165, 1.54) is 12.5 Å². The normalized spacial score (nSPS) is 17.1. The molecule has 1 aliphatic heterocycles. The molecule has 2 rings (SSSR count). The third kappa shape index (κ3) is 4.00. The summed E-state index contributed by atoms with van der Waals surface area (Å²) in [5, 5.41) is 8.91. The topological polar surface area (TPSA) is 66.8 Å². The smallest absolute Gasteiger partial charge is 0.315 e. The highest BCUT2D eigenvalue weighted by atomic mass is 16.5. The number of carbonyl (C=O) groups is 2. The molecule has 120 valence electrons. The predicted molar refractivity (Wildman–Crippen MR) is 82.8 cm³/mol. The van der Waals surface area contributed by atoms with Crippen molar-refractivity contribution >= 4 is 11.9 Å². The quantitative estimate of drug-likeness (QED) is 0.847. The minimum absolute atomic E-state index is 0.268. The molecular formula is C17H23NO4. The molecule has 0 aliphatic carbocycles. The van der Waals surface area contributed by atoms with E-state index < -0.39 is 11.9 Å². The van der Waals surface area contributed by atoms with Gasteiger partial charge in [0.25, 0.3) is 0 Å². The second-order valence-corrected chi connectivity index (χ2v) is 5.88. The predicted octanol–water partition coefficient (Wildman–Crippen LogP) is 2.20. The van der Waals surface area contributed by atoms with Crippen LogP contribution in [0, 0.1) is 11.8 Å². The highest BCUT2D eigenvalue weighted by Crippen LogP contribution is 2.23. The van der Waals surface area contributed by atoms with Crippen LogP contribution < -0.4 is 4.74 Å². The van der Waals surface area contributed by atoms with Gasteiger partial charge in [-0.05, 0) is 49.8 Å². The molecule has 1 aromatic rings. The second kappa shape index (κ2) is 7.29. The van der Waals surface area contributed by atoms with Gasteiger partial charge in [-0.3, -0.25) is 9.59 Å². The van der Waals surface area contributed by atoms with Crippen molar-refractivity contribution in [3.63, 3.8) is 0 Å². The number of likely N-dealkylation sites (tertiary alicyclic amines) is 1. The number of hydrogen-bond donors (Lipinski definition) is 1. The largest absolute Gasteiger partial charge is 0.497 e. The van der Waals surface area contributed by atoms with Crippen LogP contribution in [0.25, 0.3) is 0 Å². The molecule has 1 fully saturated rings. The van der Waals surface area contributed by atoms with Crippen LogP contribution >= 0.6 is 0 Å². The fourth-order valence-electron chi connectivity index (χ4n) is 2.83. The van der Waals surface area contributed by atoms with E-state index in [2.05, 4.69) is 12.1 Å². The first-order chi connectivity index (χ1) is 10.5. The van der Waals surface area contributed by atoms with Crippen molar-refractivity contribution in [2.45, 2.75) is 26.2 Å². The zero-order chi connectivity index (χ0) is 16.1. The van der Waals surface area contributed by atoms with Crippen LogP contribution in [0.15, 0.2) is 24.3 Å². The molecule has 22 heavy (non-hydrogen) atoms. The molecule has 0 aromatic heterocycles. The number of benzene rings is 1. The van der Waals surface area contributed by atoms with Gasteiger partial charge in [-0.2, -0.15) is 0 Å². The molecule has 1 N–H and O–H groups in total. The third-order valence-corrected chi connectivity index (χ3v) is 4.35. The molecule has 0 bridgehead atoms. The summed E-state index contributed by atoms with van der Waals surface area (Å²) < 4.78 is 5.15. The van der Waals surface area contributed by atoms with Gasteiger partial charge >= 0.3 is 5.97 Å². The Kier molecular flexibility index (Phi) is 5.41. The van der Waals surface area contributed by atoms with Gasteiger partial charge in [0.05, 0.1) is 7.11 Å². The number of aliphatic carboxylic acids is 1. The number of methoxy groups -OCH3 is 1. The Labute approximate surface area is 130 Å². The average Bonchev–Trinajstić information content (AvgIpc) is 2.55. The zero-order valence-electron chi connectivity index (χ0n) is 13.1. The molecule has 5 nitrogen and oxygen atoms in total. The van der Waals surface area contributed by atoms with E-state index in [-0.39, 0.29) is 5.91 Å². The molecule has 0 saturated carbocycles. The fraction of sp³-hybridized carbons (Fsp3) is 0.529. The minimum atomic E-state index is -1.05. The van der Waals surface area contributed by atoms with E-state index in [1.807, 2.05) is 12.1 Å². The first kappa shape index (κ1) is 16.3. The molecule has 1 aromatic carbocycles. The van der Waals surface area contributed by atoms with Crippen molar-refractivity contribution < 1.29 is 19.4 Å². The fourth-order valence-corrected chi connectivity index (χ4v) is 2.83. The number of piperidine rings is 1. The van der Waals surface area contributed by atoms with E-state index in [0.717, 1.165) is 25.0 Å². The van der Waals surface area contributed by atoms with Gasteiger partial charge in [0.2, 0.25) is 5.91 Å². The van der Waals surface area contributed by atoms with Gasteiger partial charge in [-0.25, -0.2) is 0 Å². The minimum Gasteiger partial charge on any atom is -0.497 e. The summed E-state index contributed by atoms with van der Waals surface area (Å²) in [5.41, 5.74) is 1.27. The van der Waals surface area contributed by atoms with E-state index >= 15 is 0 Å². The lowest BCUT2D eigenvalue weighted by Crippen LogP contribution is -2.43. The van der Waals surface area contributed by atoms with Crippen LogP contribution in [-0.4, -0.2) is 42.1 Å². The molecule has 1 saturated heterocycles. The Bertz CT molecular complexity index is 518. The Morgan fingerprint density at radius 3 is 2.36 bits per heavy atom. The summed E-state index contributed by atoms with van der Waals surface area (Å²) in [6.07, 6.45) is 2.83. The van der Waals surface area contributed by atoms with Crippen molar-refractivity contribution in [3.8, 4) is 5.75 Å². The van der Waals surface area contributed by atoms with Crippen molar-refractivity contribution in [2.24, 2.45) is 11.8 Å². The van der Waals surface area contributed by atoms with E-state index in [0.29, 0.717) is 19.0 Å². The monoisotopic (exact) mass is 305 g/mol. The Hall–Kier alpha value is -2.04. The highest BCUT2D eigenvalue weighted by molar-refractivity contribution is 5.96. The molecule has 1 heterocycles. The summed E-state index contributed by atoms with van der Waals surface area (Å²) in [6.45, 7) is 2.75. The van der Waals surface area contributed by atoms with E-state index in [9.17, 15) is 9.59 Å². The SMILES string of the molecule is COc1ccc(CC2CCN(C(=O)C(C)C(=O)O)CC2)cc1. The van der Waals surface area contributed by atoms with Gasteiger partial charge < -0.3 is 14.7 Å². The van der Waals surface area contributed by atoms with Crippen LogP contribution in [-0.2, 0) is 16.0 Å². The van der Waals surface area contributed by atoms with Crippen LogP contribution in [0.2, 0.25) is 0 Å². The second-order valence-electron chi connectivity index (χ2n) is 5.88. The van der Waals surface area contributed by atoms with Crippen molar-refractivity contribution in [3.05, 3.63) is 29.8 Å². The number of ether oxygens (including phenoxy) is 1. The van der Waals surface area contributed by atoms with Crippen molar-refractivity contribution in [2.75, 3.05) is 20.2 Å². The summed E-state index contributed by atoms with van der Waals surface area (Å²) in [6, 6.07) is 8.07. The van der Waals surface area contributed by atoms with Gasteiger partial charge in [-0.1, -0.05) is 12.1 Å². The number of hydrogen-bond acceptors (Lipinski definition) is 3. The van der Waals surface area contributed by atoms with E-state index in [4.69, 9.17) is 9.84 Å². The van der Waals surface area contributed by atoms with E-state index in [1.54, 1.807) is 12.0 Å². The molecular weight excluding hydrogens is 282 g/mol. The number of carboxylic acid groups (broad SMARTS) is 1. The molecule has 0 spiro atoms. The van der Waals surface area contributed by atoms with Gasteiger partial charge in [0, 0.05) is 13.1 Å². The molecule has 1 unspecified atom stereocenters. The van der Waals surface area contributed by atoms with Crippen LogP contribution in [0.4, 0.5) is 0 Å². The summed E-state index contributed by atoms with van der Waals surface area (Å²) in [5.74, 6) is -0.872. The maximum atomic E-state index is 12.0. The van der Waals surface area contributed by atoms with Crippen molar-refractivity contribution in [1.29, 1.82) is 0 Å². The highest BCUT2D eigenvalue weighted by Gasteiger charge is 2.29. The van der Waals surface area contributed by atoms with Gasteiger partial charge in [-0.15, -0.1) is 0 Å². The number of nitrogens with zero attached hydrogens (tertiary/aromatic N) is 1. The number of rotatable bonds is 5. The summed E-state index contributed by atoms with van der Waals surface area (Å²) in [7, 11) is 1.65. The molecule has 0 radical (unpaired) electrons. The average molecular weight is 305 g/mol. The zero-order valence-corrected chi connectivity index (χ0v) is 13.1. The number of carbonyl (C=O) groups excluding carboxylic acids is 1. The maximum absolute atomic E-state index is 12.0. The molecule has 1 amide bonds. The standard InChI is InChI=1S/C17H23NO4/c1-12(17(20)21)16(19)18-9-7-14(8-10-18)11-13-3-5-15(22-2)6-4-13/h3-6,12,14H,7-11H2,1-2H3,(H,20,21). The number of amides is 1.